The summed E-state index contributed by atoms with van der Waals surface area (Å²) in [7, 11) is 3.15. The second-order valence-corrected chi connectivity index (χ2v) is 8.65. The van der Waals surface area contributed by atoms with Crippen molar-refractivity contribution in [3.8, 4) is 11.5 Å². The fourth-order valence-corrected chi connectivity index (χ4v) is 4.59. The first-order chi connectivity index (χ1) is 17.0. The van der Waals surface area contributed by atoms with E-state index in [0.717, 1.165) is 6.42 Å². The minimum Gasteiger partial charge on any atom is -0.497 e. The molecule has 8 heteroatoms. The minimum absolute atomic E-state index is 0.00687. The van der Waals surface area contributed by atoms with Gasteiger partial charge in [0.15, 0.2) is 0 Å². The lowest BCUT2D eigenvalue weighted by atomic mass is 9.95. The Morgan fingerprint density at radius 1 is 0.886 bits per heavy atom. The Hall–Kier alpha value is -3.81. The van der Waals surface area contributed by atoms with Crippen LogP contribution in [0.4, 0.5) is 0 Å². The number of piperidine rings is 1. The zero-order valence-corrected chi connectivity index (χ0v) is 20.2. The number of ether oxygens (including phenoxy) is 2. The van der Waals surface area contributed by atoms with Crippen LogP contribution >= 0.6 is 0 Å². The van der Waals surface area contributed by atoms with Crippen LogP contribution in [0.25, 0.3) is 6.08 Å². The van der Waals surface area contributed by atoms with Gasteiger partial charge in [0.1, 0.15) is 11.5 Å². The summed E-state index contributed by atoms with van der Waals surface area (Å²) in [5.41, 5.74) is 1.38. The Balaban J connectivity index is 1.37. The van der Waals surface area contributed by atoms with E-state index >= 15 is 0 Å². The van der Waals surface area contributed by atoms with Crippen molar-refractivity contribution >= 4 is 23.8 Å². The second-order valence-electron chi connectivity index (χ2n) is 8.65. The topological polar surface area (TPSA) is 79.4 Å². The number of nitrogens with zero attached hydrogens (tertiary/aromatic N) is 3. The predicted octanol–water partition coefficient (Wildman–Crippen LogP) is 3.25. The molecule has 0 atom stereocenters. The standard InChI is InChI=1S/C27H31N3O5/c1-34-23-10-11-24(35-2)22(19-23)9-12-25(31)29-15-6-16-30(29)27(33)21-13-17-28(18-14-21)26(32)20-7-4-3-5-8-20/h3-5,7-12,19,21H,6,13-18H2,1-2H3/b12-9+. The molecule has 0 saturated carbocycles. The molecule has 0 bridgehead atoms. The van der Waals surface area contributed by atoms with E-state index in [1.807, 2.05) is 30.3 Å². The van der Waals surface area contributed by atoms with Gasteiger partial charge in [0, 0.05) is 49.3 Å². The quantitative estimate of drug-likeness (QED) is 0.597. The van der Waals surface area contributed by atoms with Crippen molar-refractivity contribution in [1.29, 1.82) is 0 Å². The number of amides is 3. The maximum Gasteiger partial charge on any atom is 0.265 e. The molecule has 35 heavy (non-hydrogen) atoms. The third-order valence-electron chi connectivity index (χ3n) is 6.53. The van der Waals surface area contributed by atoms with Gasteiger partial charge < -0.3 is 14.4 Å². The van der Waals surface area contributed by atoms with E-state index < -0.39 is 0 Å². The van der Waals surface area contributed by atoms with Crippen molar-refractivity contribution in [2.24, 2.45) is 5.92 Å². The number of rotatable bonds is 6. The van der Waals surface area contributed by atoms with Crippen LogP contribution in [-0.2, 0) is 9.59 Å². The van der Waals surface area contributed by atoms with E-state index in [4.69, 9.17) is 9.47 Å². The maximum absolute atomic E-state index is 13.3. The van der Waals surface area contributed by atoms with E-state index in [0.29, 0.717) is 61.6 Å². The van der Waals surface area contributed by atoms with Gasteiger partial charge in [-0.25, -0.2) is 5.01 Å². The highest BCUT2D eigenvalue weighted by Crippen LogP contribution is 2.27. The predicted molar refractivity (Wildman–Crippen MR) is 132 cm³/mol. The van der Waals surface area contributed by atoms with Crippen LogP contribution < -0.4 is 9.47 Å². The number of likely N-dealkylation sites (tertiary alicyclic amines) is 1. The van der Waals surface area contributed by atoms with Gasteiger partial charge in [-0.1, -0.05) is 18.2 Å². The first kappa shape index (κ1) is 24.3. The molecule has 2 fully saturated rings. The average Bonchev–Trinajstić information content (AvgIpc) is 3.41. The van der Waals surface area contributed by atoms with Crippen LogP contribution in [0.15, 0.2) is 54.6 Å². The highest BCUT2D eigenvalue weighted by molar-refractivity contribution is 5.95. The van der Waals surface area contributed by atoms with Gasteiger partial charge in [-0.3, -0.25) is 19.4 Å². The van der Waals surface area contributed by atoms with Crippen LogP contribution in [0.1, 0.15) is 35.2 Å². The SMILES string of the molecule is COc1ccc(OC)c(/C=C/C(=O)N2CCCN2C(=O)C2CCN(C(=O)c3ccccc3)CC2)c1. The molecule has 0 N–H and O–H groups in total. The van der Waals surface area contributed by atoms with Crippen molar-refractivity contribution in [3.05, 3.63) is 65.7 Å². The van der Waals surface area contributed by atoms with Crippen LogP contribution in [0, 0.1) is 5.92 Å². The van der Waals surface area contributed by atoms with Crippen LogP contribution in [0.5, 0.6) is 11.5 Å². The zero-order valence-electron chi connectivity index (χ0n) is 20.2. The molecular formula is C27H31N3O5. The summed E-state index contributed by atoms with van der Waals surface area (Å²) < 4.78 is 10.6. The maximum atomic E-state index is 13.3. The summed E-state index contributed by atoms with van der Waals surface area (Å²) in [5, 5.41) is 3.10. The van der Waals surface area contributed by atoms with Gasteiger partial charge in [0.05, 0.1) is 14.2 Å². The Kier molecular flexibility index (Phi) is 7.70. The fraction of sp³-hybridized carbons (Fsp3) is 0.370. The lowest BCUT2D eigenvalue weighted by Crippen LogP contribution is -2.49. The van der Waals surface area contributed by atoms with E-state index in [-0.39, 0.29) is 23.6 Å². The minimum atomic E-state index is -0.252. The van der Waals surface area contributed by atoms with Crippen LogP contribution in [0.3, 0.4) is 0 Å². The number of hydrazine groups is 1. The van der Waals surface area contributed by atoms with Crippen LogP contribution in [-0.4, -0.2) is 73.0 Å². The number of carbonyl (C=O) groups is 3. The molecule has 2 aromatic rings. The molecule has 0 aliphatic carbocycles. The molecule has 2 aliphatic rings. The summed E-state index contributed by atoms with van der Waals surface area (Å²) >= 11 is 0. The number of carbonyl (C=O) groups excluding carboxylic acids is 3. The number of hydrogen-bond donors (Lipinski definition) is 0. The van der Waals surface area contributed by atoms with E-state index in [2.05, 4.69) is 0 Å². The summed E-state index contributed by atoms with van der Waals surface area (Å²) in [5.74, 6) is 0.777. The molecular weight excluding hydrogens is 446 g/mol. The summed E-state index contributed by atoms with van der Waals surface area (Å²) in [6.45, 7) is 2.07. The zero-order chi connectivity index (χ0) is 24.8. The second kappa shape index (κ2) is 11.1. The highest BCUT2D eigenvalue weighted by Gasteiger charge is 2.36. The van der Waals surface area contributed by atoms with Crippen molar-refractivity contribution in [3.63, 3.8) is 0 Å². The molecule has 184 valence electrons. The summed E-state index contributed by atoms with van der Waals surface area (Å²) in [6, 6.07) is 14.6. The monoisotopic (exact) mass is 477 g/mol. The van der Waals surface area contributed by atoms with E-state index in [1.165, 1.54) is 11.1 Å². The van der Waals surface area contributed by atoms with Gasteiger partial charge in [-0.15, -0.1) is 0 Å². The molecule has 2 aromatic carbocycles. The van der Waals surface area contributed by atoms with E-state index in [9.17, 15) is 14.4 Å². The number of hydrogen-bond acceptors (Lipinski definition) is 5. The molecule has 0 unspecified atom stereocenters. The summed E-state index contributed by atoms with van der Waals surface area (Å²) in [4.78, 5) is 40.8. The smallest absolute Gasteiger partial charge is 0.265 e. The third-order valence-corrected chi connectivity index (χ3v) is 6.53. The highest BCUT2D eigenvalue weighted by atomic mass is 16.5. The van der Waals surface area contributed by atoms with Crippen molar-refractivity contribution in [2.75, 3.05) is 40.4 Å². The third kappa shape index (κ3) is 5.48. The molecule has 3 amide bonds. The average molecular weight is 478 g/mol. The van der Waals surface area contributed by atoms with Gasteiger partial charge in [0.25, 0.3) is 11.8 Å². The van der Waals surface area contributed by atoms with Gasteiger partial charge >= 0.3 is 0 Å². The molecule has 2 heterocycles. The van der Waals surface area contributed by atoms with Gasteiger partial charge in [0.2, 0.25) is 5.91 Å². The molecule has 2 aliphatic heterocycles. The normalized spacial score (nSPS) is 16.6. The number of methoxy groups -OCH3 is 2. The largest absolute Gasteiger partial charge is 0.497 e. The molecule has 0 spiro atoms. The van der Waals surface area contributed by atoms with Crippen LogP contribution in [0.2, 0.25) is 0 Å². The van der Waals surface area contributed by atoms with Gasteiger partial charge in [-0.2, -0.15) is 0 Å². The first-order valence-electron chi connectivity index (χ1n) is 11.9. The lowest BCUT2D eigenvalue weighted by Gasteiger charge is -2.35. The first-order valence-corrected chi connectivity index (χ1v) is 11.9. The van der Waals surface area contributed by atoms with Crippen molar-refractivity contribution in [2.45, 2.75) is 19.3 Å². The van der Waals surface area contributed by atoms with E-state index in [1.54, 1.807) is 48.4 Å². The number of benzene rings is 2. The molecule has 0 aromatic heterocycles. The molecule has 8 nitrogen and oxygen atoms in total. The Morgan fingerprint density at radius 2 is 1.60 bits per heavy atom. The van der Waals surface area contributed by atoms with Crippen molar-refractivity contribution in [1.82, 2.24) is 14.9 Å². The molecule has 4 rings (SSSR count). The fourth-order valence-electron chi connectivity index (χ4n) is 4.59. The Labute approximate surface area is 205 Å². The van der Waals surface area contributed by atoms with Crippen molar-refractivity contribution < 1.29 is 23.9 Å². The Bertz CT molecular complexity index is 1090. The Morgan fingerprint density at radius 3 is 2.29 bits per heavy atom. The molecule has 0 radical (unpaired) electrons. The molecule has 2 saturated heterocycles. The summed E-state index contributed by atoms with van der Waals surface area (Å²) in [6.07, 6.45) is 5.06. The lowest BCUT2D eigenvalue weighted by molar-refractivity contribution is -0.158. The van der Waals surface area contributed by atoms with Gasteiger partial charge in [-0.05, 0) is 55.7 Å².